The lowest BCUT2D eigenvalue weighted by Gasteiger charge is -2.12. The highest BCUT2D eigenvalue weighted by Gasteiger charge is 2.09. The van der Waals surface area contributed by atoms with Crippen molar-refractivity contribution in [2.45, 2.75) is 110 Å². The van der Waals surface area contributed by atoms with E-state index in [4.69, 9.17) is 9.47 Å². The van der Waals surface area contributed by atoms with E-state index in [2.05, 4.69) is 13.8 Å². The number of carbonyl (C=O) groups is 2. The van der Waals surface area contributed by atoms with E-state index < -0.39 is 0 Å². The SMILES string of the molecule is CCCCCCCCOC(=O)CCCCC(=O)OC(C)CCCC. The molecule has 1 unspecified atom stereocenters. The fraction of sp³-hybridized carbons (Fsp3) is 0.900. The molecule has 0 amide bonds. The Balaban J connectivity index is 3.43. The molecule has 0 fully saturated rings. The van der Waals surface area contributed by atoms with Gasteiger partial charge in [-0.25, -0.2) is 0 Å². The van der Waals surface area contributed by atoms with Crippen molar-refractivity contribution in [1.29, 1.82) is 0 Å². The molecular weight excluding hydrogens is 304 g/mol. The zero-order valence-electron chi connectivity index (χ0n) is 16.1. The van der Waals surface area contributed by atoms with Crippen molar-refractivity contribution in [1.82, 2.24) is 0 Å². The lowest BCUT2D eigenvalue weighted by molar-refractivity contribution is -0.149. The van der Waals surface area contributed by atoms with E-state index in [1.54, 1.807) is 0 Å². The van der Waals surface area contributed by atoms with Crippen molar-refractivity contribution in [2.75, 3.05) is 6.61 Å². The van der Waals surface area contributed by atoms with Crippen molar-refractivity contribution in [3.63, 3.8) is 0 Å². The third kappa shape index (κ3) is 15.8. The van der Waals surface area contributed by atoms with E-state index in [9.17, 15) is 9.59 Å². The molecule has 24 heavy (non-hydrogen) atoms. The monoisotopic (exact) mass is 342 g/mol. The molecule has 0 rings (SSSR count). The van der Waals surface area contributed by atoms with Gasteiger partial charge in [-0.2, -0.15) is 0 Å². The number of ether oxygens (including phenoxy) is 2. The summed E-state index contributed by atoms with van der Waals surface area (Å²) in [5.74, 6) is -0.299. The third-order valence-corrected chi connectivity index (χ3v) is 4.07. The van der Waals surface area contributed by atoms with Crippen LogP contribution in [-0.2, 0) is 19.1 Å². The molecule has 0 saturated heterocycles. The van der Waals surface area contributed by atoms with Gasteiger partial charge in [0.25, 0.3) is 0 Å². The lowest BCUT2D eigenvalue weighted by Crippen LogP contribution is -2.14. The van der Waals surface area contributed by atoms with Gasteiger partial charge in [0.15, 0.2) is 0 Å². The second kappa shape index (κ2) is 16.8. The number of hydrogen-bond donors (Lipinski definition) is 0. The third-order valence-electron chi connectivity index (χ3n) is 4.07. The first kappa shape index (κ1) is 22.9. The normalized spacial score (nSPS) is 12.0. The van der Waals surface area contributed by atoms with Crippen LogP contribution in [0.5, 0.6) is 0 Å². The van der Waals surface area contributed by atoms with Gasteiger partial charge in [-0.05, 0) is 32.6 Å². The number of hydrogen-bond acceptors (Lipinski definition) is 4. The van der Waals surface area contributed by atoms with Gasteiger partial charge < -0.3 is 9.47 Å². The summed E-state index contributed by atoms with van der Waals surface area (Å²) >= 11 is 0. The topological polar surface area (TPSA) is 52.6 Å². The second-order valence-electron chi connectivity index (χ2n) is 6.64. The number of rotatable bonds is 16. The highest BCUT2D eigenvalue weighted by atomic mass is 16.5. The van der Waals surface area contributed by atoms with Gasteiger partial charge in [0.1, 0.15) is 0 Å². The van der Waals surface area contributed by atoms with Crippen LogP contribution in [-0.4, -0.2) is 24.6 Å². The minimum Gasteiger partial charge on any atom is -0.466 e. The molecule has 0 aliphatic carbocycles. The number of carbonyl (C=O) groups excluding carboxylic acids is 2. The molecule has 0 aromatic carbocycles. The maximum atomic E-state index is 11.6. The first-order valence-electron chi connectivity index (χ1n) is 9.95. The van der Waals surface area contributed by atoms with E-state index in [0.29, 0.717) is 32.3 Å². The molecule has 1 atom stereocenters. The van der Waals surface area contributed by atoms with Crippen LogP contribution in [0.25, 0.3) is 0 Å². The second-order valence-corrected chi connectivity index (χ2v) is 6.64. The maximum absolute atomic E-state index is 11.6. The van der Waals surface area contributed by atoms with Crippen LogP contribution < -0.4 is 0 Å². The Hall–Kier alpha value is -1.06. The predicted octanol–water partition coefficient (Wildman–Crippen LogP) is 5.57. The minimum absolute atomic E-state index is 0.000239. The highest BCUT2D eigenvalue weighted by Crippen LogP contribution is 2.09. The highest BCUT2D eigenvalue weighted by molar-refractivity contribution is 5.70. The summed E-state index contributed by atoms with van der Waals surface area (Å²) < 4.78 is 10.5. The Morgan fingerprint density at radius 3 is 2.00 bits per heavy atom. The van der Waals surface area contributed by atoms with Crippen LogP contribution in [0.1, 0.15) is 104 Å². The van der Waals surface area contributed by atoms with Crippen molar-refractivity contribution >= 4 is 11.9 Å². The molecule has 0 aliphatic heterocycles. The number of esters is 2. The largest absolute Gasteiger partial charge is 0.466 e. The first-order valence-corrected chi connectivity index (χ1v) is 9.95. The molecule has 4 heteroatoms. The summed E-state index contributed by atoms with van der Waals surface area (Å²) in [4.78, 5) is 23.2. The Kier molecular flexibility index (Phi) is 16.0. The van der Waals surface area contributed by atoms with Crippen LogP contribution in [0.4, 0.5) is 0 Å². The van der Waals surface area contributed by atoms with Gasteiger partial charge in [0, 0.05) is 12.8 Å². The molecule has 0 aliphatic rings. The van der Waals surface area contributed by atoms with E-state index >= 15 is 0 Å². The molecule has 0 N–H and O–H groups in total. The molecule has 142 valence electrons. The van der Waals surface area contributed by atoms with Crippen molar-refractivity contribution < 1.29 is 19.1 Å². The molecule has 0 spiro atoms. The summed E-state index contributed by atoms with van der Waals surface area (Å²) in [5, 5.41) is 0. The molecule has 0 aromatic heterocycles. The summed E-state index contributed by atoms with van der Waals surface area (Å²) in [7, 11) is 0. The minimum atomic E-state index is -0.154. The maximum Gasteiger partial charge on any atom is 0.306 e. The van der Waals surface area contributed by atoms with Gasteiger partial charge in [0.2, 0.25) is 0 Å². The van der Waals surface area contributed by atoms with E-state index in [-0.39, 0.29) is 18.0 Å². The average Bonchev–Trinajstić information content (AvgIpc) is 2.56. The molecule has 4 nitrogen and oxygen atoms in total. The summed E-state index contributed by atoms with van der Waals surface area (Å²) in [5.41, 5.74) is 0. The fourth-order valence-corrected chi connectivity index (χ4v) is 2.51. The molecule has 0 heterocycles. The Morgan fingerprint density at radius 1 is 0.750 bits per heavy atom. The van der Waals surface area contributed by atoms with Crippen LogP contribution in [0.2, 0.25) is 0 Å². The van der Waals surface area contributed by atoms with Crippen LogP contribution >= 0.6 is 0 Å². The zero-order chi connectivity index (χ0) is 18.0. The van der Waals surface area contributed by atoms with E-state index in [1.807, 2.05) is 6.92 Å². The Labute approximate surface area is 148 Å². The molecule has 0 saturated carbocycles. The van der Waals surface area contributed by atoms with Crippen molar-refractivity contribution in [3.8, 4) is 0 Å². The average molecular weight is 343 g/mol. The smallest absolute Gasteiger partial charge is 0.306 e. The fourth-order valence-electron chi connectivity index (χ4n) is 2.51. The molecule has 0 aromatic rings. The Bertz CT molecular complexity index is 315. The van der Waals surface area contributed by atoms with Crippen LogP contribution in [0, 0.1) is 0 Å². The quantitative estimate of drug-likeness (QED) is 0.272. The summed E-state index contributed by atoms with van der Waals surface area (Å²) in [6, 6.07) is 0. The van der Waals surface area contributed by atoms with Crippen LogP contribution in [0.15, 0.2) is 0 Å². The summed E-state index contributed by atoms with van der Waals surface area (Å²) in [6.07, 6.45) is 12.4. The number of unbranched alkanes of at least 4 members (excludes halogenated alkanes) is 7. The summed E-state index contributed by atoms with van der Waals surface area (Å²) in [6.45, 7) is 6.80. The lowest BCUT2D eigenvalue weighted by atomic mass is 10.1. The Morgan fingerprint density at radius 2 is 1.33 bits per heavy atom. The first-order chi connectivity index (χ1) is 11.6. The van der Waals surface area contributed by atoms with Gasteiger partial charge in [-0.1, -0.05) is 58.8 Å². The van der Waals surface area contributed by atoms with Gasteiger partial charge >= 0.3 is 11.9 Å². The van der Waals surface area contributed by atoms with Gasteiger partial charge in [0.05, 0.1) is 12.7 Å². The zero-order valence-corrected chi connectivity index (χ0v) is 16.1. The predicted molar refractivity (Wildman–Crippen MR) is 97.9 cm³/mol. The molecule has 0 radical (unpaired) electrons. The van der Waals surface area contributed by atoms with E-state index in [1.165, 1.54) is 25.7 Å². The van der Waals surface area contributed by atoms with E-state index in [0.717, 1.165) is 32.1 Å². The molecule has 0 bridgehead atoms. The van der Waals surface area contributed by atoms with Crippen molar-refractivity contribution in [3.05, 3.63) is 0 Å². The molecular formula is C20H38O4. The van der Waals surface area contributed by atoms with Crippen LogP contribution in [0.3, 0.4) is 0 Å². The van der Waals surface area contributed by atoms with Gasteiger partial charge in [-0.3, -0.25) is 9.59 Å². The standard InChI is InChI=1S/C20H38O4/c1-4-6-8-9-10-13-17-23-19(21)15-11-12-16-20(22)24-18(3)14-7-5-2/h18H,4-17H2,1-3H3. The van der Waals surface area contributed by atoms with Crippen molar-refractivity contribution in [2.24, 2.45) is 0 Å². The van der Waals surface area contributed by atoms with Gasteiger partial charge in [-0.15, -0.1) is 0 Å².